The molecular weight excluding hydrogens is 521 g/mol. The minimum absolute atomic E-state index is 0.216. The van der Waals surface area contributed by atoms with E-state index in [1.807, 2.05) is 16.7 Å². The van der Waals surface area contributed by atoms with Gasteiger partial charge in [-0.2, -0.15) is 19.6 Å². The fourth-order valence-corrected chi connectivity index (χ4v) is 6.64. The summed E-state index contributed by atoms with van der Waals surface area (Å²) in [5, 5.41) is 12.9. The van der Waals surface area contributed by atoms with Gasteiger partial charge in [-0.05, 0) is 37.8 Å². The van der Waals surface area contributed by atoms with Crippen molar-refractivity contribution in [1.82, 2.24) is 39.0 Å². The van der Waals surface area contributed by atoms with Crippen LogP contribution in [0.25, 0.3) is 43.9 Å². The van der Waals surface area contributed by atoms with Gasteiger partial charge in [0.15, 0.2) is 5.69 Å². The summed E-state index contributed by atoms with van der Waals surface area (Å²) in [5.74, 6) is 0.0231. The monoisotopic (exact) mass is 549 g/mol. The minimum atomic E-state index is -0.453. The predicted octanol–water partition coefficient (Wildman–Crippen LogP) is 5.36. The second-order valence-electron chi connectivity index (χ2n) is 10.7. The second kappa shape index (κ2) is 9.92. The molecule has 6 aromatic heterocycles. The molecule has 11 nitrogen and oxygen atoms in total. The van der Waals surface area contributed by atoms with E-state index in [2.05, 4.69) is 40.5 Å². The fourth-order valence-electron chi connectivity index (χ4n) is 6.64. The van der Waals surface area contributed by atoms with Crippen LogP contribution in [0.3, 0.4) is 0 Å². The van der Waals surface area contributed by atoms with E-state index in [-0.39, 0.29) is 17.9 Å². The van der Waals surface area contributed by atoms with Gasteiger partial charge in [-0.3, -0.25) is 0 Å². The smallest absolute Gasteiger partial charge is 0.237 e. The van der Waals surface area contributed by atoms with Crippen LogP contribution in [0.4, 0.5) is 16.3 Å². The number of hydrogen-bond donors (Lipinski definition) is 2. The number of halogens is 1. The van der Waals surface area contributed by atoms with Crippen molar-refractivity contribution in [2.75, 3.05) is 11.5 Å². The largest absolute Gasteiger partial charge is 0.368 e. The number of fused-ring (bicyclic) bond motifs is 6. The normalized spacial score (nSPS) is 16.1. The van der Waals surface area contributed by atoms with E-state index in [4.69, 9.17) is 11.5 Å². The molecule has 0 saturated heterocycles. The van der Waals surface area contributed by atoms with Crippen molar-refractivity contribution in [3.63, 3.8) is 0 Å². The zero-order valence-corrected chi connectivity index (χ0v) is 22.3. The minimum Gasteiger partial charge on any atom is -0.368 e. The molecule has 6 heterocycles. The quantitative estimate of drug-likeness (QED) is 0.270. The summed E-state index contributed by atoms with van der Waals surface area (Å²) in [6, 6.07) is 6.55. The molecule has 0 atom stereocenters. The number of nitrogens with two attached hydrogens (primary N) is 2. The summed E-state index contributed by atoms with van der Waals surface area (Å²) in [7, 11) is 0. The second-order valence-corrected chi connectivity index (χ2v) is 10.7. The van der Waals surface area contributed by atoms with Crippen molar-refractivity contribution < 1.29 is 4.39 Å². The number of aromatic nitrogens is 8. The third-order valence-electron chi connectivity index (χ3n) is 8.38. The summed E-state index contributed by atoms with van der Waals surface area (Å²) in [4.78, 5) is 24.9. The third-order valence-corrected chi connectivity index (χ3v) is 8.38. The molecule has 12 heteroatoms. The molecule has 2 aliphatic carbocycles. The van der Waals surface area contributed by atoms with Crippen molar-refractivity contribution in [2.45, 2.75) is 63.5 Å². The summed E-state index contributed by atoms with van der Waals surface area (Å²) >= 11 is 0. The van der Waals surface area contributed by atoms with E-state index < -0.39 is 5.95 Å². The van der Waals surface area contributed by atoms with Gasteiger partial charge in [0, 0.05) is 58.4 Å². The van der Waals surface area contributed by atoms with Gasteiger partial charge in [-0.15, -0.1) is 0 Å². The van der Waals surface area contributed by atoms with Crippen LogP contribution in [0.1, 0.15) is 69.1 Å². The van der Waals surface area contributed by atoms with Gasteiger partial charge in [0.05, 0.1) is 5.52 Å². The highest BCUT2D eigenvalue weighted by molar-refractivity contribution is 6.08. The number of nitrogens with zero attached hydrogens (tertiary/aromatic N) is 9. The number of anilines is 2. The van der Waals surface area contributed by atoms with Crippen LogP contribution >= 0.6 is 0 Å². The molecule has 0 aromatic carbocycles. The Morgan fingerprint density at radius 1 is 0.707 bits per heavy atom. The average Bonchev–Trinajstić information content (AvgIpc) is 3.78. The van der Waals surface area contributed by atoms with Gasteiger partial charge in [0.1, 0.15) is 22.9 Å². The van der Waals surface area contributed by atoms with Gasteiger partial charge >= 0.3 is 0 Å². The maximum atomic E-state index is 14.2. The molecule has 6 aromatic rings. The lowest BCUT2D eigenvalue weighted by Crippen LogP contribution is -2.07. The maximum Gasteiger partial charge on any atom is 0.237 e. The van der Waals surface area contributed by atoms with Crippen LogP contribution in [0, 0.1) is 17.3 Å². The summed E-state index contributed by atoms with van der Waals surface area (Å²) < 4.78 is 18.4. The molecule has 0 amide bonds. The van der Waals surface area contributed by atoms with Crippen LogP contribution in [0.2, 0.25) is 0 Å². The Bertz CT molecular complexity index is 1970. The zero-order chi connectivity index (χ0) is 28.1. The van der Waals surface area contributed by atoms with E-state index in [0.29, 0.717) is 22.9 Å². The van der Waals surface area contributed by atoms with Crippen LogP contribution < -0.4 is 11.5 Å². The van der Waals surface area contributed by atoms with E-state index in [0.717, 1.165) is 71.2 Å². The Morgan fingerprint density at radius 3 is 1.73 bits per heavy atom. The molecule has 8 rings (SSSR count). The van der Waals surface area contributed by atoms with Gasteiger partial charge in [0.25, 0.3) is 0 Å². The van der Waals surface area contributed by atoms with Crippen molar-refractivity contribution in [3.8, 4) is 6.07 Å². The third kappa shape index (κ3) is 4.07. The van der Waals surface area contributed by atoms with Crippen LogP contribution in [0.15, 0.2) is 36.9 Å². The number of rotatable bonds is 2. The first-order valence-corrected chi connectivity index (χ1v) is 13.9. The van der Waals surface area contributed by atoms with E-state index >= 15 is 0 Å². The van der Waals surface area contributed by atoms with Crippen molar-refractivity contribution in [3.05, 3.63) is 48.6 Å². The predicted molar refractivity (Wildman–Crippen MR) is 154 cm³/mol. The first kappa shape index (κ1) is 25.1. The first-order chi connectivity index (χ1) is 20.0. The Labute approximate surface area is 234 Å². The lowest BCUT2D eigenvalue weighted by atomic mass is 10.2. The molecule has 2 aliphatic rings. The van der Waals surface area contributed by atoms with Gasteiger partial charge < -0.3 is 20.6 Å². The highest BCUT2D eigenvalue weighted by Crippen LogP contribution is 2.39. The molecule has 2 fully saturated rings. The van der Waals surface area contributed by atoms with Crippen LogP contribution in [-0.2, 0) is 0 Å². The SMILES string of the molecule is N#Cc1nccc2c3cnc(N)nc3n(C3CCCC3)c12.Nc1ncc2c3ccnc(F)c3n(C3CCCC3)c2n1. The molecular formula is C29H28FN11. The molecule has 4 N–H and O–H groups in total. The Kier molecular flexibility index (Phi) is 6.07. The molecule has 41 heavy (non-hydrogen) atoms. The fraction of sp³-hybridized carbons (Fsp3) is 0.345. The average molecular weight is 550 g/mol. The molecule has 0 aliphatic heterocycles. The highest BCUT2D eigenvalue weighted by atomic mass is 19.1. The zero-order valence-electron chi connectivity index (χ0n) is 22.3. The molecule has 206 valence electrons. The summed E-state index contributed by atoms with van der Waals surface area (Å²) in [6.07, 6.45) is 15.6. The summed E-state index contributed by atoms with van der Waals surface area (Å²) in [6.45, 7) is 0. The molecule has 0 bridgehead atoms. The number of nitriles is 1. The highest BCUT2D eigenvalue weighted by Gasteiger charge is 2.26. The van der Waals surface area contributed by atoms with Crippen molar-refractivity contribution in [1.29, 1.82) is 5.26 Å². The molecule has 2 saturated carbocycles. The molecule has 0 unspecified atom stereocenters. The van der Waals surface area contributed by atoms with Crippen molar-refractivity contribution in [2.24, 2.45) is 0 Å². The summed E-state index contributed by atoms with van der Waals surface area (Å²) in [5.41, 5.74) is 14.8. The van der Waals surface area contributed by atoms with Crippen LogP contribution in [-0.4, -0.2) is 39.0 Å². The van der Waals surface area contributed by atoms with Gasteiger partial charge in [0.2, 0.25) is 17.8 Å². The van der Waals surface area contributed by atoms with E-state index in [9.17, 15) is 9.65 Å². The van der Waals surface area contributed by atoms with Crippen LogP contribution in [0.5, 0.6) is 0 Å². The number of nitrogen functional groups attached to an aromatic ring is 2. The topological polar surface area (TPSA) is 163 Å². The molecule has 0 spiro atoms. The maximum absolute atomic E-state index is 14.2. The van der Waals surface area contributed by atoms with Gasteiger partial charge in [-0.1, -0.05) is 25.7 Å². The van der Waals surface area contributed by atoms with E-state index in [1.165, 1.54) is 19.0 Å². The first-order valence-electron chi connectivity index (χ1n) is 13.9. The number of pyridine rings is 2. The van der Waals surface area contributed by atoms with E-state index in [1.54, 1.807) is 18.6 Å². The lowest BCUT2D eigenvalue weighted by molar-refractivity contribution is 0.526. The Balaban J connectivity index is 0.000000135. The lowest BCUT2D eigenvalue weighted by Gasteiger charge is -2.14. The number of hydrogen-bond acceptors (Lipinski definition) is 9. The molecule has 0 radical (unpaired) electrons. The standard InChI is InChI=1S/C15H14N6.C14H14FN5/c16-7-12-13-10(5-6-18-12)11-8-19-15(17)20-14(11)21(13)9-3-1-2-4-9;15-12-11-9(5-6-17-12)10-7-18-14(16)19-13(10)20(11)8-3-1-2-4-8/h5-6,8-9H,1-4H2,(H2,17,19,20);5-8H,1-4H2,(H2,16,18,19). The van der Waals surface area contributed by atoms with Crippen molar-refractivity contribution >= 4 is 55.8 Å². The van der Waals surface area contributed by atoms with Gasteiger partial charge in [-0.25, -0.2) is 19.9 Å². The Morgan fingerprint density at radius 2 is 1.20 bits per heavy atom. The Hall–Kier alpha value is -4.92.